The maximum atomic E-state index is 4.69. The molecule has 0 aromatic heterocycles. The minimum Gasteiger partial charge on any atom is -0.329 e. The Labute approximate surface area is 194 Å². The van der Waals surface area contributed by atoms with Gasteiger partial charge in [-0.1, -0.05) is 54.6 Å². The first-order chi connectivity index (χ1) is 11.8. The smallest absolute Gasteiger partial charge is 0.0748 e. The van der Waals surface area contributed by atoms with Gasteiger partial charge in [0.25, 0.3) is 0 Å². The minimum atomic E-state index is -1.78. The van der Waals surface area contributed by atoms with Crippen molar-refractivity contribution in [1.82, 2.24) is 0 Å². The summed E-state index contributed by atoms with van der Waals surface area (Å²) < 4.78 is 0. The van der Waals surface area contributed by atoms with Crippen molar-refractivity contribution in [3.05, 3.63) is 104 Å². The summed E-state index contributed by atoms with van der Waals surface area (Å²) in [7, 11) is -1.78. The minimum absolute atomic E-state index is 0. The van der Waals surface area contributed by atoms with E-state index in [1.54, 1.807) is 0 Å². The summed E-state index contributed by atoms with van der Waals surface area (Å²) in [6, 6.07) is 31.9. The van der Waals surface area contributed by atoms with Crippen LogP contribution >= 0.6 is 7.26 Å². The van der Waals surface area contributed by atoms with Gasteiger partial charge in [0.1, 0.15) is 0 Å². The molecule has 131 valence electrons. The topological polar surface area (TPSA) is 0 Å². The van der Waals surface area contributed by atoms with Gasteiger partial charge in [0.15, 0.2) is 0 Å². The number of benzene rings is 3. The van der Waals surface area contributed by atoms with Crippen molar-refractivity contribution in [3.8, 4) is 0 Å². The largest absolute Gasteiger partial charge is 0.329 e. The van der Waals surface area contributed by atoms with E-state index in [1.165, 1.54) is 35.2 Å². The molecule has 0 N–H and O–H groups in total. The zero-order valence-corrected chi connectivity index (χ0v) is 21.4. The van der Waals surface area contributed by atoms with Crippen molar-refractivity contribution in [1.29, 1.82) is 0 Å². The quantitative estimate of drug-likeness (QED) is 0.281. The van der Waals surface area contributed by atoms with Crippen molar-refractivity contribution in [3.63, 3.8) is 0 Å². The summed E-state index contributed by atoms with van der Waals surface area (Å²) in [6.07, 6.45) is 6.50. The van der Waals surface area contributed by atoms with Crippen LogP contribution in [0.15, 0.2) is 91.0 Å². The van der Waals surface area contributed by atoms with E-state index in [0.717, 1.165) is 0 Å². The predicted octanol–water partition coefficient (Wildman–Crippen LogP) is 5.14. The Kier molecular flexibility index (Phi) is 11.2. The summed E-state index contributed by atoms with van der Waals surface area (Å²) in [6.45, 7) is 4.69. The Morgan fingerprint density at radius 1 is 0.615 bits per heavy atom. The van der Waals surface area contributed by atoms with E-state index >= 15 is 0 Å². The number of hydrogen-bond acceptors (Lipinski definition) is 0. The van der Waals surface area contributed by atoms with E-state index in [4.69, 9.17) is 6.66 Å². The molecule has 1 radical (unpaired) electrons. The third kappa shape index (κ3) is 5.86. The molecule has 26 heavy (non-hydrogen) atoms. The summed E-state index contributed by atoms with van der Waals surface area (Å²) in [5.41, 5.74) is 0. The van der Waals surface area contributed by atoms with Crippen LogP contribution in [0, 0.1) is 44.2 Å². The molecule has 4 rings (SSSR count). The third-order valence-corrected chi connectivity index (χ3v) is 7.95. The van der Waals surface area contributed by atoms with Crippen molar-refractivity contribution in [2.45, 2.75) is 19.3 Å². The normalized spacial score (nSPS) is 12.3. The molecule has 1 saturated carbocycles. The van der Waals surface area contributed by atoms with E-state index in [2.05, 4.69) is 97.4 Å². The number of hydrogen-bond donors (Lipinski definition) is 0. The van der Waals surface area contributed by atoms with Gasteiger partial charge in [-0.05, 0) is 43.7 Å². The molecule has 0 nitrogen and oxygen atoms in total. The van der Waals surface area contributed by atoms with E-state index in [0.29, 0.717) is 0 Å². The molecule has 0 aliphatic heterocycles. The fourth-order valence-corrected chi connectivity index (χ4v) is 5.64. The first-order valence-electron chi connectivity index (χ1n) is 8.54. The monoisotopic (exact) mass is 620 g/mol. The second-order valence-electron chi connectivity index (χ2n) is 6.04. The van der Waals surface area contributed by atoms with Gasteiger partial charge in [0.05, 0.1) is 15.9 Å². The van der Waals surface area contributed by atoms with Crippen LogP contribution in [0.1, 0.15) is 19.3 Å². The van der Waals surface area contributed by atoms with Crippen LogP contribution in [0.3, 0.4) is 0 Å². The molecule has 3 heteroatoms. The summed E-state index contributed by atoms with van der Waals surface area (Å²) in [5, 5.41) is 3.95. The molecule has 0 amide bonds. The predicted molar refractivity (Wildman–Crippen MR) is 109 cm³/mol. The molecule has 3 aromatic rings. The second-order valence-corrected chi connectivity index (χ2v) is 9.20. The summed E-state index contributed by atoms with van der Waals surface area (Å²) >= 11 is 0. The van der Waals surface area contributed by atoms with Gasteiger partial charge in [0, 0.05) is 49.7 Å². The van der Waals surface area contributed by atoms with Crippen LogP contribution < -0.4 is 15.9 Å². The molecule has 1 aliphatic rings. The van der Waals surface area contributed by atoms with E-state index in [9.17, 15) is 0 Å². The average molecular weight is 620 g/mol. The van der Waals surface area contributed by atoms with E-state index in [1.807, 2.05) is 0 Å². The van der Waals surface area contributed by atoms with Gasteiger partial charge in [-0.2, -0.15) is 19.5 Å². The Hall–Kier alpha value is -0.274. The van der Waals surface area contributed by atoms with Crippen molar-refractivity contribution in [2.24, 2.45) is 0 Å². The molecule has 0 spiro atoms. The molecule has 1 aliphatic carbocycles. The van der Waals surface area contributed by atoms with E-state index < -0.39 is 7.26 Å². The SMILES string of the molecule is [CH-]1CCC1.[CH2-][P+](c1ccccc1)(c1ccccc1)c1ccccc1.[U].[V]. The first kappa shape index (κ1) is 23.8. The van der Waals surface area contributed by atoms with Gasteiger partial charge >= 0.3 is 0 Å². The average Bonchev–Trinajstić information content (AvgIpc) is 2.62. The van der Waals surface area contributed by atoms with Crippen LogP contribution in [0.2, 0.25) is 0 Å². The summed E-state index contributed by atoms with van der Waals surface area (Å²) in [4.78, 5) is 0. The molecular weight excluding hydrogens is 596 g/mol. The molecule has 3 aromatic carbocycles. The van der Waals surface area contributed by atoms with Crippen molar-refractivity contribution < 1.29 is 49.7 Å². The van der Waals surface area contributed by atoms with Crippen LogP contribution in [-0.4, -0.2) is 0 Å². The summed E-state index contributed by atoms with van der Waals surface area (Å²) in [5.74, 6) is 0. The van der Waals surface area contributed by atoms with Crippen LogP contribution in [0.5, 0.6) is 0 Å². The second kappa shape index (κ2) is 12.2. The van der Waals surface area contributed by atoms with Gasteiger partial charge in [0.2, 0.25) is 0 Å². The van der Waals surface area contributed by atoms with Gasteiger partial charge in [-0.3, -0.25) is 0 Å². The van der Waals surface area contributed by atoms with Crippen molar-refractivity contribution in [2.75, 3.05) is 0 Å². The van der Waals surface area contributed by atoms with Gasteiger partial charge in [-0.15, -0.1) is 6.42 Å². The Morgan fingerprint density at radius 2 is 0.846 bits per heavy atom. The molecule has 0 bridgehead atoms. The maximum absolute atomic E-state index is 4.69. The molecule has 1 fully saturated rings. The Balaban J connectivity index is 0.000000500. The van der Waals surface area contributed by atoms with Crippen molar-refractivity contribution >= 4 is 23.2 Å². The third-order valence-electron chi connectivity index (χ3n) is 4.41. The van der Waals surface area contributed by atoms with Gasteiger partial charge in [-0.25, -0.2) is 0 Å². The standard InChI is InChI=1S/C19H17P.C4H7.U.V/c1-20(17-11-5-2-6-12-17,18-13-7-3-8-14-18)19-15-9-4-10-16-19;1-2-4-3-1;;/h2-16H,1H2;1H,2-4H2;;/q;-1;;. The van der Waals surface area contributed by atoms with Gasteiger partial charge < -0.3 is 6.42 Å². The fourth-order valence-electron chi connectivity index (χ4n) is 2.70. The Bertz CT molecular complexity index is 627. The zero-order valence-electron chi connectivity index (χ0n) is 15.0. The molecule has 0 saturated heterocycles. The van der Waals surface area contributed by atoms with Crippen LogP contribution in [-0.2, 0) is 18.6 Å². The molecule has 0 atom stereocenters. The fraction of sp³-hybridized carbons (Fsp3) is 0.130. The van der Waals surface area contributed by atoms with E-state index in [-0.39, 0.29) is 49.7 Å². The number of rotatable bonds is 3. The molecular formula is C23H24PUV-. The molecule has 0 heterocycles. The maximum Gasteiger partial charge on any atom is 0.0748 e. The Morgan fingerprint density at radius 3 is 1.04 bits per heavy atom. The van der Waals surface area contributed by atoms with Crippen LogP contribution in [0.25, 0.3) is 0 Å². The van der Waals surface area contributed by atoms with Crippen LogP contribution in [0.4, 0.5) is 0 Å². The zero-order chi connectivity index (χ0) is 16.7. The first-order valence-corrected chi connectivity index (χ1v) is 10.5. The molecule has 0 unspecified atom stereocenters.